The van der Waals surface area contributed by atoms with Crippen molar-refractivity contribution >= 4 is 0 Å². The zero-order valence-corrected chi connectivity index (χ0v) is 7.90. The number of hydrogen-bond acceptors (Lipinski definition) is 4. The standard InChI is InChI=1S/C10H11N3O/c1-7-10(6-13-7)14-9-2-3-12-8(4-9)5-11/h2-4,7,10,13H,6H2,1H3/t7-,10+/m1/s1. The Morgan fingerprint density at radius 2 is 2.57 bits per heavy atom. The molecule has 2 atom stereocenters. The summed E-state index contributed by atoms with van der Waals surface area (Å²) in [6.45, 7) is 2.94. The van der Waals surface area contributed by atoms with Crippen LogP contribution in [0, 0.1) is 11.3 Å². The molecule has 2 rings (SSSR count). The smallest absolute Gasteiger partial charge is 0.144 e. The fourth-order valence-corrected chi connectivity index (χ4v) is 1.31. The van der Waals surface area contributed by atoms with E-state index < -0.39 is 0 Å². The van der Waals surface area contributed by atoms with Crippen LogP contribution in [0.3, 0.4) is 0 Å². The maximum Gasteiger partial charge on any atom is 0.144 e. The molecule has 4 nitrogen and oxygen atoms in total. The molecule has 1 aliphatic heterocycles. The normalized spacial score (nSPS) is 24.9. The van der Waals surface area contributed by atoms with E-state index in [2.05, 4.69) is 17.2 Å². The van der Waals surface area contributed by atoms with Gasteiger partial charge < -0.3 is 10.1 Å². The minimum absolute atomic E-state index is 0.212. The highest BCUT2D eigenvalue weighted by atomic mass is 16.5. The highest BCUT2D eigenvalue weighted by Crippen LogP contribution is 2.16. The summed E-state index contributed by atoms with van der Waals surface area (Å²) in [4.78, 5) is 3.87. The largest absolute Gasteiger partial charge is 0.487 e. The molecule has 0 aliphatic carbocycles. The van der Waals surface area contributed by atoms with Crippen LogP contribution in [0.4, 0.5) is 0 Å². The predicted molar refractivity (Wildman–Crippen MR) is 50.8 cm³/mol. The van der Waals surface area contributed by atoms with Crippen molar-refractivity contribution in [1.82, 2.24) is 10.3 Å². The van der Waals surface area contributed by atoms with Crippen molar-refractivity contribution in [2.75, 3.05) is 6.54 Å². The molecule has 4 heteroatoms. The number of rotatable bonds is 2. The fraction of sp³-hybridized carbons (Fsp3) is 0.400. The lowest BCUT2D eigenvalue weighted by Crippen LogP contribution is -2.58. The Hall–Kier alpha value is -1.60. The topological polar surface area (TPSA) is 57.9 Å². The van der Waals surface area contributed by atoms with Crippen LogP contribution in [0.1, 0.15) is 12.6 Å². The molecular weight excluding hydrogens is 178 g/mol. The van der Waals surface area contributed by atoms with Crippen LogP contribution in [-0.4, -0.2) is 23.7 Å². The van der Waals surface area contributed by atoms with E-state index in [1.165, 1.54) is 0 Å². The quantitative estimate of drug-likeness (QED) is 0.743. The molecule has 1 aromatic rings. The van der Waals surface area contributed by atoms with Gasteiger partial charge in [-0.25, -0.2) is 4.98 Å². The second-order valence-electron chi connectivity index (χ2n) is 3.34. The van der Waals surface area contributed by atoms with Crippen molar-refractivity contribution < 1.29 is 4.74 Å². The van der Waals surface area contributed by atoms with Crippen molar-refractivity contribution in [2.45, 2.75) is 19.1 Å². The molecule has 0 aromatic carbocycles. The van der Waals surface area contributed by atoms with E-state index in [0.717, 1.165) is 12.3 Å². The van der Waals surface area contributed by atoms with Crippen LogP contribution in [0.2, 0.25) is 0 Å². The van der Waals surface area contributed by atoms with Gasteiger partial charge in [0.2, 0.25) is 0 Å². The Kier molecular flexibility index (Phi) is 2.33. The van der Waals surface area contributed by atoms with Gasteiger partial charge in [-0.3, -0.25) is 0 Å². The molecule has 1 N–H and O–H groups in total. The highest BCUT2D eigenvalue weighted by Gasteiger charge is 2.27. The van der Waals surface area contributed by atoms with Crippen LogP contribution in [0.15, 0.2) is 18.3 Å². The van der Waals surface area contributed by atoms with Crippen LogP contribution >= 0.6 is 0 Å². The molecule has 72 valence electrons. The lowest BCUT2D eigenvalue weighted by atomic mass is 10.1. The summed E-state index contributed by atoms with van der Waals surface area (Å²) in [6, 6.07) is 5.79. The molecule has 0 bridgehead atoms. The first-order valence-corrected chi connectivity index (χ1v) is 4.56. The third kappa shape index (κ3) is 1.68. The van der Waals surface area contributed by atoms with Gasteiger partial charge >= 0.3 is 0 Å². The zero-order chi connectivity index (χ0) is 9.97. The number of hydrogen-bond donors (Lipinski definition) is 1. The monoisotopic (exact) mass is 189 g/mol. The Morgan fingerprint density at radius 1 is 1.71 bits per heavy atom. The van der Waals surface area contributed by atoms with Crippen LogP contribution in [0.5, 0.6) is 5.75 Å². The maximum atomic E-state index is 8.64. The van der Waals surface area contributed by atoms with Gasteiger partial charge in [-0.05, 0) is 13.0 Å². The summed E-state index contributed by atoms with van der Waals surface area (Å²) in [7, 11) is 0. The second kappa shape index (κ2) is 3.64. The van der Waals surface area contributed by atoms with Crippen molar-refractivity contribution in [3.63, 3.8) is 0 Å². The molecule has 0 saturated carbocycles. The van der Waals surface area contributed by atoms with E-state index >= 15 is 0 Å². The fourth-order valence-electron chi connectivity index (χ4n) is 1.31. The van der Waals surface area contributed by atoms with E-state index in [1.807, 2.05) is 6.07 Å². The van der Waals surface area contributed by atoms with E-state index in [-0.39, 0.29) is 6.10 Å². The molecule has 14 heavy (non-hydrogen) atoms. The van der Waals surface area contributed by atoms with Gasteiger partial charge in [0.25, 0.3) is 0 Å². The molecule has 1 saturated heterocycles. The van der Waals surface area contributed by atoms with Crippen molar-refractivity contribution in [3.8, 4) is 11.8 Å². The third-order valence-corrected chi connectivity index (χ3v) is 2.33. The minimum Gasteiger partial charge on any atom is -0.487 e. The Bertz CT molecular complexity index is 372. The predicted octanol–water partition coefficient (Wildman–Crippen LogP) is 0.692. The Labute approximate surface area is 82.5 Å². The second-order valence-corrected chi connectivity index (χ2v) is 3.34. The summed E-state index contributed by atoms with van der Waals surface area (Å²) in [5.74, 6) is 0.718. The minimum atomic E-state index is 0.212. The van der Waals surface area contributed by atoms with Crippen molar-refractivity contribution in [3.05, 3.63) is 24.0 Å². The summed E-state index contributed by atoms with van der Waals surface area (Å²) in [6.07, 6.45) is 1.80. The molecule has 2 heterocycles. The van der Waals surface area contributed by atoms with Gasteiger partial charge in [0.15, 0.2) is 0 Å². The molecule has 1 aromatic heterocycles. The number of pyridine rings is 1. The summed E-state index contributed by atoms with van der Waals surface area (Å²) in [5, 5.41) is 11.8. The summed E-state index contributed by atoms with van der Waals surface area (Å²) >= 11 is 0. The van der Waals surface area contributed by atoms with Gasteiger partial charge in [0.1, 0.15) is 23.6 Å². The number of nitrogens with one attached hydrogen (secondary N) is 1. The zero-order valence-electron chi connectivity index (χ0n) is 7.90. The number of ether oxygens (including phenoxy) is 1. The first-order valence-electron chi connectivity index (χ1n) is 4.56. The maximum absolute atomic E-state index is 8.64. The van der Waals surface area contributed by atoms with Gasteiger partial charge in [-0.15, -0.1) is 0 Å². The Morgan fingerprint density at radius 3 is 3.14 bits per heavy atom. The van der Waals surface area contributed by atoms with Crippen LogP contribution in [-0.2, 0) is 0 Å². The molecule has 1 fully saturated rings. The van der Waals surface area contributed by atoms with Crippen molar-refractivity contribution in [1.29, 1.82) is 5.26 Å². The van der Waals surface area contributed by atoms with Crippen LogP contribution < -0.4 is 10.1 Å². The number of aromatic nitrogens is 1. The Balaban J connectivity index is 2.06. The molecule has 0 amide bonds. The molecular formula is C10H11N3O. The lowest BCUT2D eigenvalue weighted by molar-refractivity contribution is 0.0937. The van der Waals surface area contributed by atoms with Gasteiger partial charge in [0, 0.05) is 24.8 Å². The first-order chi connectivity index (χ1) is 6.79. The molecule has 0 spiro atoms. The summed E-state index contributed by atoms with van der Waals surface area (Å²) in [5.41, 5.74) is 0.391. The molecule has 0 unspecified atom stereocenters. The van der Waals surface area contributed by atoms with E-state index in [4.69, 9.17) is 10.00 Å². The summed E-state index contributed by atoms with van der Waals surface area (Å²) < 4.78 is 5.65. The number of nitrogens with zero attached hydrogens (tertiary/aromatic N) is 2. The highest BCUT2D eigenvalue weighted by molar-refractivity contribution is 5.30. The first kappa shape index (κ1) is 8.97. The van der Waals surface area contributed by atoms with Gasteiger partial charge in [-0.2, -0.15) is 5.26 Å². The molecule has 1 aliphatic rings. The average Bonchev–Trinajstić information content (AvgIpc) is 2.24. The number of nitriles is 1. The lowest BCUT2D eigenvalue weighted by Gasteiger charge is -2.35. The molecule has 0 radical (unpaired) electrons. The van der Waals surface area contributed by atoms with Crippen molar-refractivity contribution in [2.24, 2.45) is 0 Å². The van der Waals surface area contributed by atoms with E-state index in [9.17, 15) is 0 Å². The van der Waals surface area contributed by atoms with Gasteiger partial charge in [0.05, 0.1) is 0 Å². The van der Waals surface area contributed by atoms with E-state index in [0.29, 0.717) is 11.7 Å². The van der Waals surface area contributed by atoms with E-state index in [1.54, 1.807) is 18.3 Å². The van der Waals surface area contributed by atoms with Crippen LogP contribution in [0.25, 0.3) is 0 Å². The average molecular weight is 189 g/mol. The SMILES string of the molecule is C[C@H]1NC[C@@H]1Oc1ccnc(C#N)c1. The van der Waals surface area contributed by atoms with Gasteiger partial charge in [-0.1, -0.05) is 0 Å². The third-order valence-electron chi connectivity index (χ3n) is 2.33.